The van der Waals surface area contributed by atoms with Crippen LogP contribution in [0.4, 0.5) is 0 Å². The Morgan fingerprint density at radius 3 is 3.22 bits per heavy atom. The van der Waals surface area contributed by atoms with E-state index in [1.807, 2.05) is 0 Å². The SMILES string of the molecule is O=C1OCC2CC23CC13. The second-order valence-corrected chi connectivity index (χ2v) is 3.52. The van der Waals surface area contributed by atoms with Crippen molar-refractivity contribution in [3.05, 3.63) is 0 Å². The lowest BCUT2D eigenvalue weighted by atomic mass is 10.2. The average Bonchev–Trinajstić information content (AvgIpc) is 2.64. The van der Waals surface area contributed by atoms with Crippen molar-refractivity contribution < 1.29 is 9.53 Å². The van der Waals surface area contributed by atoms with E-state index in [4.69, 9.17) is 4.74 Å². The molecule has 2 aliphatic carbocycles. The molecule has 1 aliphatic heterocycles. The summed E-state index contributed by atoms with van der Waals surface area (Å²) in [5.41, 5.74) is 0.509. The van der Waals surface area contributed by atoms with E-state index in [-0.39, 0.29) is 5.97 Å². The van der Waals surface area contributed by atoms with Gasteiger partial charge in [-0.05, 0) is 18.3 Å². The van der Waals surface area contributed by atoms with Crippen molar-refractivity contribution in [2.24, 2.45) is 17.3 Å². The van der Waals surface area contributed by atoms with Gasteiger partial charge >= 0.3 is 5.97 Å². The third-order valence-corrected chi connectivity index (χ3v) is 3.11. The van der Waals surface area contributed by atoms with Gasteiger partial charge in [0.15, 0.2) is 0 Å². The fourth-order valence-corrected chi connectivity index (χ4v) is 2.22. The first-order valence-corrected chi connectivity index (χ1v) is 3.49. The molecule has 3 unspecified atom stereocenters. The molecule has 9 heavy (non-hydrogen) atoms. The van der Waals surface area contributed by atoms with Crippen molar-refractivity contribution in [1.82, 2.24) is 0 Å². The van der Waals surface area contributed by atoms with Crippen LogP contribution in [0.15, 0.2) is 0 Å². The average molecular weight is 124 g/mol. The quantitative estimate of drug-likeness (QED) is 0.441. The molecule has 3 aliphatic rings. The highest BCUT2D eigenvalue weighted by molar-refractivity contribution is 5.79. The number of cyclic esters (lactones) is 1. The zero-order valence-electron chi connectivity index (χ0n) is 5.09. The molecule has 0 N–H and O–H groups in total. The maximum absolute atomic E-state index is 10.8. The summed E-state index contributed by atoms with van der Waals surface area (Å²) < 4.78 is 4.94. The van der Waals surface area contributed by atoms with Crippen LogP contribution in [0.1, 0.15) is 12.8 Å². The van der Waals surface area contributed by atoms with Crippen LogP contribution >= 0.6 is 0 Å². The second kappa shape index (κ2) is 0.917. The number of rotatable bonds is 0. The molecular formula is C7H8O2. The highest BCUT2D eigenvalue weighted by Gasteiger charge is 2.75. The highest BCUT2D eigenvalue weighted by Crippen LogP contribution is 2.76. The van der Waals surface area contributed by atoms with Crippen molar-refractivity contribution in [3.63, 3.8) is 0 Å². The van der Waals surface area contributed by atoms with Crippen molar-refractivity contribution in [1.29, 1.82) is 0 Å². The normalized spacial score (nSPS) is 59.3. The number of carbonyl (C=O) groups excluding carboxylic acids is 1. The third-order valence-electron chi connectivity index (χ3n) is 3.11. The summed E-state index contributed by atoms with van der Waals surface area (Å²) in [6.45, 7) is 0.718. The van der Waals surface area contributed by atoms with Gasteiger partial charge in [0, 0.05) is 5.92 Å². The minimum atomic E-state index is 0.0729. The fourth-order valence-electron chi connectivity index (χ4n) is 2.22. The summed E-state index contributed by atoms with van der Waals surface area (Å²) in [6, 6.07) is 0. The number of hydrogen-bond acceptors (Lipinski definition) is 2. The molecule has 0 aromatic heterocycles. The largest absolute Gasteiger partial charge is 0.465 e. The lowest BCUT2D eigenvalue weighted by Crippen LogP contribution is -2.16. The Hall–Kier alpha value is -0.530. The van der Waals surface area contributed by atoms with Gasteiger partial charge < -0.3 is 4.74 Å². The van der Waals surface area contributed by atoms with Crippen molar-refractivity contribution >= 4 is 5.97 Å². The summed E-state index contributed by atoms with van der Waals surface area (Å²) in [7, 11) is 0. The smallest absolute Gasteiger partial charge is 0.309 e. The second-order valence-electron chi connectivity index (χ2n) is 3.52. The Morgan fingerprint density at radius 2 is 2.44 bits per heavy atom. The van der Waals surface area contributed by atoms with E-state index in [2.05, 4.69) is 0 Å². The van der Waals surface area contributed by atoms with Crippen LogP contribution in [0.3, 0.4) is 0 Å². The molecule has 2 nitrogen and oxygen atoms in total. The molecule has 1 saturated heterocycles. The maximum atomic E-state index is 10.8. The van der Waals surface area contributed by atoms with Crippen LogP contribution in [0.5, 0.6) is 0 Å². The molecule has 0 aromatic rings. The molecule has 48 valence electrons. The van der Waals surface area contributed by atoms with E-state index in [0.29, 0.717) is 11.3 Å². The van der Waals surface area contributed by atoms with E-state index >= 15 is 0 Å². The molecule has 0 radical (unpaired) electrons. The third kappa shape index (κ3) is 0.319. The molecule has 1 heterocycles. The monoisotopic (exact) mass is 124 g/mol. The summed E-state index contributed by atoms with van der Waals surface area (Å²) in [4.78, 5) is 10.8. The lowest BCUT2D eigenvalue weighted by molar-refractivity contribution is -0.148. The van der Waals surface area contributed by atoms with Crippen molar-refractivity contribution in [2.75, 3.05) is 6.61 Å². The first kappa shape index (κ1) is 4.31. The zero-order valence-corrected chi connectivity index (χ0v) is 5.09. The molecule has 3 fully saturated rings. The van der Waals surface area contributed by atoms with Gasteiger partial charge in [0.25, 0.3) is 0 Å². The Labute approximate surface area is 53.2 Å². The van der Waals surface area contributed by atoms with Crippen LogP contribution in [0.25, 0.3) is 0 Å². The summed E-state index contributed by atoms with van der Waals surface area (Å²) in [5, 5.41) is 0. The molecule has 0 aromatic carbocycles. The maximum Gasteiger partial charge on any atom is 0.309 e. The number of hydrogen-bond donors (Lipinski definition) is 0. The predicted molar refractivity (Wildman–Crippen MR) is 29.6 cm³/mol. The van der Waals surface area contributed by atoms with Crippen molar-refractivity contribution in [2.45, 2.75) is 12.8 Å². The van der Waals surface area contributed by atoms with Crippen LogP contribution in [-0.2, 0) is 9.53 Å². The van der Waals surface area contributed by atoms with Crippen LogP contribution < -0.4 is 0 Å². The van der Waals surface area contributed by atoms with Gasteiger partial charge in [-0.15, -0.1) is 0 Å². The highest BCUT2D eigenvalue weighted by atomic mass is 16.5. The first-order chi connectivity index (χ1) is 4.33. The fraction of sp³-hybridized carbons (Fsp3) is 0.857. The van der Waals surface area contributed by atoms with Gasteiger partial charge in [0.2, 0.25) is 0 Å². The van der Waals surface area contributed by atoms with Gasteiger partial charge in [-0.2, -0.15) is 0 Å². The predicted octanol–water partition coefficient (Wildman–Crippen LogP) is 0.569. The number of ether oxygens (including phenoxy) is 1. The van der Waals surface area contributed by atoms with E-state index in [9.17, 15) is 4.79 Å². The van der Waals surface area contributed by atoms with Gasteiger partial charge in [0.05, 0.1) is 12.5 Å². The van der Waals surface area contributed by atoms with Crippen molar-refractivity contribution in [3.8, 4) is 0 Å². The minimum Gasteiger partial charge on any atom is -0.465 e. The van der Waals surface area contributed by atoms with Crippen LogP contribution in [0, 0.1) is 17.3 Å². The molecule has 2 heteroatoms. The Bertz CT molecular complexity index is 199. The molecule has 0 bridgehead atoms. The summed E-state index contributed by atoms with van der Waals surface area (Å²) in [6.07, 6.45) is 2.40. The standard InChI is InChI=1S/C7H8O2/c8-6-5-2-7(5)1-4(7)3-9-6/h4-5H,1-3H2. The Kier molecular flexibility index (Phi) is 0.439. The minimum absolute atomic E-state index is 0.0729. The van der Waals surface area contributed by atoms with Crippen LogP contribution in [-0.4, -0.2) is 12.6 Å². The van der Waals surface area contributed by atoms with E-state index in [0.717, 1.165) is 18.9 Å². The van der Waals surface area contributed by atoms with E-state index in [1.165, 1.54) is 6.42 Å². The summed E-state index contributed by atoms with van der Waals surface area (Å²) in [5.74, 6) is 1.17. The number of carbonyl (C=O) groups is 1. The number of esters is 1. The van der Waals surface area contributed by atoms with Gasteiger partial charge in [0.1, 0.15) is 0 Å². The Morgan fingerprint density at radius 1 is 1.56 bits per heavy atom. The molecule has 1 spiro atoms. The molecule has 3 atom stereocenters. The summed E-state index contributed by atoms with van der Waals surface area (Å²) >= 11 is 0. The van der Waals surface area contributed by atoms with Gasteiger partial charge in [-0.3, -0.25) is 4.79 Å². The molecule has 0 amide bonds. The molecule has 3 rings (SSSR count). The zero-order chi connectivity index (χ0) is 6.06. The topological polar surface area (TPSA) is 26.3 Å². The molecule has 2 saturated carbocycles. The van der Waals surface area contributed by atoms with Gasteiger partial charge in [-0.25, -0.2) is 0 Å². The molecular weight excluding hydrogens is 116 g/mol. The van der Waals surface area contributed by atoms with E-state index < -0.39 is 0 Å². The van der Waals surface area contributed by atoms with Crippen LogP contribution in [0.2, 0.25) is 0 Å². The first-order valence-electron chi connectivity index (χ1n) is 3.49. The lowest BCUT2D eigenvalue weighted by Gasteiger charge is -2.07. The van der Waals surface area contributed by atoms with Gasteiger partial charge in [-0.1, -0.05) is 0 Å². The Balaban J connectivity index is 1.99. The van der Waals surface area contributed by atoms with E-state index in [1.54, 1.807) is 0 Å².